The summed E-state index contributed by atoms with van der Waals surface area (Å²) in [4.78, 5) is 13.9. The lowest BCUT2D eigenvalue weighted by atomic mass is 9.97. The zero-order valence-corrected chi connectivity index (χ0v) is 14.5. The van der Waals surface area contributed by atoms with Gasteiger partial charge in [0.2, 0.25) is 0 Å². The molecular weight excluding hydrogens is 306 g/mol. The number of nitrogens with two attached hydrogens (primary N) is 1. The lowest BCUT2D eigenvalue weighted by molar-refractivity contribution is 0.0177. The third-order valence-corrected chi connectivity index (χ3v) is 4.24. The number of benzene rings is 1. The summed E-state index contributed by atoms with van der Waals surface area (Å²) in [7, 11) is 0. The van der Waals surface area contributed by atoms with Crippen molar-refractivity contribution in [3.63, 3.8) is 0 Å². The third kappa shape index (κ3) is 3.77. The highest BCUT2D eigenvalue weighted by molar-refractivity contribution is 5.78. The van der Waals surface area contributed by atoms with Crippen molar-refractivity contribution in [1.82, 2.24) is 19.9 Å². The van der Waals surface area contributed by atoms with Crippen LogP contribution in [0.3, 0.4) is 0 Å². The van der Waals surface area contributed by atoms with Gasteiger partial charge in [-0.25, -0.2) is 9.48 Å². The summed E-state index contributed by atoms with van der Waals surface area (Å²) in [5, 5.41) is 8.42. The van der Waals surface area contributed by atoms with E-state index in [1.165, 1.54) is 0 Å². The number of anilines is 1. The molecule has 24 heavy (non-hydrogen) atoms. The van der Waals surface area contributed by atoms with E-state index >= 15 is 0 Å². The minimum atomic E-state index is -0.449. The van der Waals surface area contributed by atoms with Crippen LogP contribution in [0.1, 0.15) is 33.6 Å². The monoisotopic (exact) mass is 331 g/mol. The molecule has 2 heterocycles. The highest BCUT2D eigenvalue weighted by Gasteiger charge is 2.27. The van der Waals surface area contributed by atoms with Crippen molar-refractivity contribution in [2.75, 3.05) is 18.8 Å². The predicted octanol–water partition coefficient (Wildman–Crippen LogP) is 2.66. The second-order valence-electron chi connectivity index (χ2n) is 7.43. The number of rotatable bonds is 2. The second kappa shape index (κ2) is 6.30. The van der Waals surface area contributed by atoms with Crippen molar-refractivity contribution >= 4 is 22.8 Å². The van der Waals surface area contributed by atoms with E-state index in [0.29, 0.717) is 11.6 Å². The summed E-state index contributed by atoms with van der Waals surface area (Å²) in [6.45, 7) is 7.92. The van der Waals surface area contributed by atoms with Crippen molar-refractivity contribution in [3.05, 3.63) is 18.2 Å². The number of hydrogen-bond acceptors (Lipinski definition) is 5. The molecule has 7 nitrogen and oxygen atoms in total. The molecule has 0 atom stereocenters. The SMILES string of the molecule is CC(C)(C)OC(=O)N1CCC(Cn2nnc3cc(N)ccc32)CC1. The van der Waals surface area contributed by atoms with E-state index in [9.17, 15) is 4.79 Å². The first kappa shape index (κ1) is 16.5. The van der Waals surface area contributed by atoms with E-state index in [0.717, 1.165) is 43.5 Å². The molecule has 1 aromatic heterocycles. The van der Waals surface area contributed by atoms with E-state index in [1.807, 2.05) is 43.7 Å². The molecule has 1 aliphatic rings. The van der Waals surface area contributed by atoms with Crippen LogP contribution in [0.2, 0.25) is 0 Å². The van der Waals surface area contributed by atoms with Gasteiger partial charge in [0, 0.05) is 25.3 Å². The van der Waals surface area contributed by atoms with E-state index in [-0.39, 0.29) is 6.09 Å². The van der Waals surface area contributed by atoms with Crippen LogP contribution in [0.5, 0.6) is 0 Å². The highest BCUT2D eigenvalue weighted by Crippen LogP contribution is 2.23. The van der Waals surface area contributed by atoms with E-state index in [4.69, 9.17) is 10.5 Å². The van der Waals surface area contributed by atoms with Crippen LogP contribution in [0, 0.1) is 5.92 Å². The van der Waals surface area contributed by atoms with Crippen molar-refractivity contribution in [1.29, 1.82) is 0 Å². The fraction of sp³-hybridized carbons (Fsp3) is 0.588. The van der Waals surface area contributed by atoms with Gasteiger partial charge in [-0.05, 0) is 57.7 Å². The van der Waals surface area contributed by atoms with Crippen LogP contribution in [-0.4, -0.2) is 44.7 Å². The molecule has 2 N–H and O–H groups in total. The fourth-order valence-electron chi connectivity index (χ4n) is 2.99. The summed E-state index contributed by atoms with van der Waals surface area (Å²) in [6.07, 6.45) is 1.66. The van der Waals surface area contributed by atoms with Crippen LogP contribution in [0.25, 0.3) is 11.0 Å². The number of carbonyl (C=O) groups is 1. The van der Waals surface area contributed by atoms with Gasteiger partial charge < -0.3 is 15.4 Å². The number of fused-ring (bicyclic) bond motifs is 1. The Morgan fingerprint density at radius 1 is 1.33 bits per heavy atom. The Morgan fingerprint density at radius 2 is 2.04 bits per heavy atom. The van der Waals surface area contributed by atoms with Crippen molar-refractivity contribution in [3.8, 4) is 0 Å². The first-order valence-electron chi connectivity index (χ1n) is 8.38. The molecule has 7 heteroatoms. The lowest BCUT2D eigenvalue weighted by Crippen LogP contribution is -2.42. The maximum absolute atomic E-state index is 12.1. The predicted molar refractivity (Wildman–Crippen MR) is 92.5 cm³/mol. The number of aromatic nitrogens is 3. The van der Waals surface area contributed by atoms with Gasteiger partial charge in [-0.15, -0.1) is 5.10 Å². The summed E-state index contributed by atoms with van der Waals surface area (Å²) >= 11 is 0. The zero-order valence-electron chi connectivity index (χ0n) is 14.5. The molecule has 0 bridgehead atoms. The molecular formula is C17H25N5O2. The Hall–Kier alpha value is -2.31. The zero-order chi connectivity index (χ0) is 17.3. The van der Waals surface area contributed by atoms with Crippen LogP contribution < -0.4 is 5.73 Å². The first-order valence-corrected chi connectivity index (χ1v) is 8.38. The smallest absolute Gasteiger partial charge is 0.410 e. The average molecular weight is 331 g/mol. The third-order valence-electron chi connectivity index (χ3n) is 4.24. The van der Waals surface area contributed by atoms with Gasteiger partial charge >= 0.3 is 6.09 Å². The first-order chi connectivity index (χ1) is 11.3. The molecule has 0 unspecified atom stereocenters. The molecule has 1 aliphatic heterocycles. The van der Waals surface area contributed by atoms with Gasteiger partial charge in [-0.2, -0.15) is 0 Å². The molecule has 2 aromatic rings. The van der Waals surface area contributed by atoms with Crippen molar-refractivity contribution in [2.45, 2.75) is 45.8 Å². The topological polar surface area (TPSA) is 86.3 Å². The van der Waals surface area contributed by atoms with Crippen LogP contribution >= 0.6 is 0 Å². The van der Waals surface area contributed by atoms with Gasteiger partial charge in [0.1, 0.15) is 11.1 Å². The Morgan fingerprint density at radius 3 is 2.71 bits per heavy atom. The molecule has 130 valence electrons. The Bertz CT molecular complexity index is 726. The minimum Gasteiger partial charge on any atom is -0.444 e. The number of nitrogens with zero attached hydrogens (tertiary/aromatic N) is 4. The van der Waals surface area contributed by atoms with Crippen molar-refractivity contribution in [2.24, 2.45) is 5.92 Å². The number of nitrogen functional groups attached to an aromatic ring is 1. The van der Waals surface area contributed by atoms with Gasteiger partial charge in [0.25, 0.3) is 0 Å². The van der Waals surface area contributed by atoms with Crippen LogP contribution in [-0.2, 0) is 11.3 Å². The standard InChI is InChI=1S/C17H25N5O2/c1-17(2,3)24-16(23)21-8-6-12(7-9-21)11-22-15-5-4-13(18)10-14(15)19-20-22/h4-5,10,12H,6-9,11,18H2,1-3H3. The largest absolute Gasteiger partial charge is 0.444 e. The maximum atomic E-state index is 12.1. The van der Waals surface area contributed by atoms with Gasteiger partial charge in [0.05, 0.1) is 5.52 Å². The Labute approximate surface area is 141 Å². The van der Waals surface area contributed by atoms with Crippen LogP contribution in [0.15, 0.2) is 18.2 Å². The van der Waals surface area contributed by atoms with Crippen LogP contribution in [0.4, 0.5) is 10.5 Å². The second-order valence-corrected chi connectivity index (χ2v) is 7.43. The fourth-order valence-corrected chi connectivity index (χ4v) is 2.99. The van der Waals surface area contributed by atoms with E-state index in [2.05, 4.69) is 10.3 Å². The highest BCUT2D eigenvalue weighted by atomic mass is 16.6. The number of likely N-dealkylation sites (tertiary alicyclic amines) is 1. The summed E-state index contributed by atoms with van der Waals surface area (Å²) < 4.78 is 7.37. The molecule has 0 spiro atoms. The van der Waals surface area contributed by atoms with E-state index < -0.39 is 5.60 Å². The molecule has 0 radical (unpaired) electrons. The van der Waals surface area contributed by atoms with E-state index in [1.54, 1.807) is 4.90 Å². The molecule has 0 aliphatic carbocycles. The Kier molecular flexibility index (Phi) is 4.34. The lowest BCUT2D eigenvalue weighted by Gasteiger charge is -2.33. The number of piperidine rings is 1. The summed E-state index contributed by atoms with van der Waals surface area (Å²) in [6, 6.07) is 5.66. The quantitative estimate of drug-likeness (QED) is 0.855. The molecule has 1 amide bonds. The molecule has 0 saturated carbocycles. The number of hydrogen-bond donors (Lipinski definition) is 1. The average Bonchev–Trinajstić information content (AvgIpc) is 2.88. The summed E-state index contributed by atoms with van der Waals surface area (Å²) in [5.41, 5.74) is 7.84. The maximum Gasteiger partial charge on any atom is 0.410 e. The number of ether oxygens (including phenoxy) is 1. The van der Waals surface area contributed by atoms with Gasteiger partial charge in [-0.3, -0.25) is 0 Å². The number of amides is 1. The van der Waals surface area contributed by atoms with Gasteiger partial charge in [0.15, 0.2) is 0 Å². The summed E-state index contributed by atoms with van der Waals surface area (Å²) in [5.74, 6) is 0.478. The minimum absolute atomic E-state index is 0.220. The molecule has 1 saturated heterocycles. The normalized spacial score (nSPS) is 16.5. The van der Waals surface area contributed by atoms with Gasteiger partial charge in [-0.1, -0.05) is 5.21 Å². The number of carbonyl (C=O) groups excluding carboxylic acids is 1. The van der Waals surface area contributed by atoms with Crippen molar-refractivity contribution < 1.29 is 9.53 Å². The Balaban J connectivity index is 1.58. The molecule has 3 rings (SSSR count). The molecule has 1 aromatic carbocycles. The molecule has 1 fully saturated rings.